The van der Waals surface area contributed by atoms with Crippen LogP contribution in [0.3, 0.4) is 0 Å². The van der Waals surface area contributed by atoms with E-state index in [0.29, 0.717) is 29.0 Å². The molecule has 3 aromatic carbocycles. The third-order valence-electron chi connectivity index (χ3n) is 5.00. The number of hydrogen-bond donors (Lipinski definition) is 1. The highest BCUT2D eigenvalue weighted by Crippen LogP contribution is 2.24. The van der Waals surface area contributed by atoms with Gasteiger partial charge in [0.2, 0.25) is 0 Å². The summed E-state index contributed by atoms with van der Waals surface area (Å²) in [6, 6.07) is 19.5. The lowest BCUT2D eigenvalue weighted by molar-refractivity contribution is -0.112. The number of anilines is 1. The van der Waals surface area contributed by atoms with Crippen LogP contribution in [0.25, 0.3) is 6.08 Å². The Morgan fingerprint density at radius 1 is 1.10 bits per heavy atom. The number of ether oxygens (including phenoxy) is 1. The minimum Gasteiger partial charge on any atom is -0.497 e. The lowest BCUT2D eigenvalue weighted by Gasteiger charge is -2.11. The van der Waals surface area contributed by atoms with Crippen molar-refractivity contribution < 1.29 is 13.9 Å². The van der Waals surface area contributed by atoms with E-state index in [0.717, 1.165) is 16.7 Å². The first-order chi connectivity index (χ1) is 14.9. The van der Waals surface area contributed by atoms with Crippen molar-refractivity contribution in [3.63, 3.8) is 0 Å². The summed E-state index contributed by atoms with van der Waals surface area (Å²) in [5, 5.41) is 12.4. The second-order valence-corrected chi connectivity index (χ2v) is 7.28. The van der Waals surface area contributed by atoms with Crippen molar-refractivity contribution in [2.75, 3.05) is 12.4 Å². The predicted octanol–water partition coefficient (Wildman–Crippen LogP) is 5.59. The summed E-state index contributed by atoms with van der Waals surface area (Å²) in [6.07, 6.45) is 1.82. The summed E-state index contributed by atoms with van der Waals surface area (Å²) < 4.78 is 19.5. The van der Waals surface area contributed by atoms with E-state index in [2.05, 4.69) is 5.32 Å². The van der Waals surface area contributed by atoms with Gasteiger partial charge in [0.1, 0.15) is 23.2 Å². The molecule has 4 nitrogen and oxygen atoms in total. The topological polar surface area (TPSA) is 62.1 Å². The van der Waals surface area contributed by atoms with E-state index in [9.17, 15) is 14.4 Å². The molecule has 3 rings (SSSR count). The van der Waals surface area contributed by atoms with E-state index < -0.39 is 5.91 Å². The molecule has 31 heavy (non-hydrogen) atoms. The Bertz CT molecular complexity index is 1190. The normalized spacial score (nSPS) is 11.0. The molecule has 0 radical (unpaired) electrons. The first-order valence-electron chi connectivity index (χ1n) is 9.82. The zero-order valence-corrected chi connectivity index (χ0v) is 17.7. The number of nitriles is 1. The maximum absolute atomic E-state index is 14.2. The van der Waals surface area contributed by atoms with E-state index in [1.54, 1.807) is 43.5 Å². The SMILES string of the molecule is COc1ccc(/C=C(\C#N)C(=O)Nc2cc(C)ccc2C)c(Cc2ccccc2F)c1. The second-order valence-electron chi connectivity index (χ2n) is 7.28. The Labute approximate surface area is 181 Å². The van der Waals surface area contributed by atoms with Gasteiger partial charge in [0.05, 0.1) is 7.11 Å². The highest BCUT2D eigenvalue weighted by molar-refractivity contribution is 6.10. The van der Waals surface area contributed by atoms with Crippen molar-refractivity contribution in [3.8, 4) is 11.8 Å². The fourth-order valence-electron chi connectivity index (χ4n) is 3.21. The molecule has 0 saturated heterocycles. The number of nitrogens with one attached hydrogen (secondary N) is 1. The highest BCUT2D eigenvalue weighted by Gasteiger charge is 2.14. The molecule has 0 saturated carbocycles. The van der Waals surface area contributed by atoms with Crippen LogP contribution in [0, 0.1) is 31.0 Å². The standard InChI is InChI=1S/C26H23FN2O2/c1-17-8-9-18(2)25(12-17)29-26(30)22(16-28)13-19-10-11-23(31-3)15-21(19)14-20-6-4-5-7-24(20)27/h4-13,15H,14H2,1-3H3,(H,29,30)/b22-13+. The number of nitrogens with zero attached hydrogens (tertiary/aromatic N) is 1. The van der Waals surface area contributed by atoms with Gasteiger partial charge in [-0.3, -0.25) is 4.79 Å². The molecular weight excluding hydrogens is 391 g/mol. The van der Waals surface area contributed by atoms with Crippen molar-refractivity contribution >= 4 is 17.7 Å². The maximum Gasteiger partial charge on any atom is 0.266 e. The fraction of sp³-hybridized carbons (Fsp3) is 0.154. The minimum atomic E-state index is -0.496. The van der Waals surface area contributed by atoms with Gasteiger partial charge in [-0.25, -0.2) is 4.39 Å². The number of methoxy groups -OCH3 is 1. The molecule has 5 heteroatoms. The molecule has 0 fully saturated rings. The van der Waals surface area contributed by atoms with E-state index in [1.807, 2.05) is 38.1 Å². The Morgan fingerprint density at radius 3 is 2.58 bits per heavy atom. The lowest BCUT2D eigenvalue weighted by atomic mass is 9.97. The number of carbonyl (C=O) groups is 1. The van der Waals surface area contributed by atoms with Crippen molar-refractivity contribution in [1.82, 2.24) is 0 Å². The number of rotatable bonds is 6. The largest absolute Gasteiger partial charge is 0.497 e. The lowest BCUT2D eigenvalue weighted by Crippen LogP contribution is -2.14. The van der Waals surface area contributed by atoms with Crippen LogP contribution in [-0.4, -0.2) is 13.0 Å². The van der Waals surface area contributed by atoms with Crippen molar-refractivity contribution in [2.24, 2.45) is 0 Å². The Kier molecular flexibility index (Phi) is 6.84. The van der Waals surface area contributed by atoms with Crippen LogP contribution < -0.4 is 10.1 Å². The third kappa shape index (κ3) is 5.37. The summed E-state index contributed by atoms with van der Waals surface area (Å²) in [6.45, 7) is 3.82. The van der Waals surface area contributed by atoms with Gasteiger partial charge in [0.15, 0.2) is 0 Å². The molecule has 0 aliphatic carbocycles. The third-order valence-corrected chi connectivity index (χ3v) is 5.00. The molecule has 0 heterocycles. The smallest absolute Gasteiger partial charge is 0.266 e. The number of amides is 1. The van der Waals surface area contributed by atoms with E-state index >= 15 is 0 Å². The van der Waals surface area contributed by atoms with Crippen LogP contribution in [0.5, 0.6) is 5.75 Å². The van der Waals surface area contributed by atoms with E-state index in [-0.39, 0.29) is 11.4 Å². The molecule has 0 bridgehead atoms. The van der Waals surface area contributed by atoms with Crippen LogP contribution >= 0.6 is 0 Å². The van der Waals surface area contributed by atoms with Gasteiger partial charge in [-0.2, -0.15) is 5.26 Å². The first kappa shape index (κ1) is 21.8. The first-order valence-corrected chi connectivity index (χ1v) is 9.82. The second kappa shape index (κ2) is 9.73. The molecule has 0 spiro atoms. The number of hydrogen-bond acceptors (Lipinski definition) is 3. The zero-order chi connectivity index (χ0) is 22.4. The molecule has 0 aliphatic heterocycles. The number of halogens is 1. The molecule has 0 atom stereocenters. The molecule has 0 aromatic heterocycles. The molecule has 0 unspecified atom stereocenters. The van der Waals surface area contributed by atoms with Crippen LogP contribution in [0.1, 0.15) is 27.8 Å². The van der Waals surface area contributed by atoms with Gasteiger partial charge in [0, 0.05) is 12.1 Å². The van der Waals surface area contributed by atoms with Gasteiger partial charge in [0.25, 0.3) is 5.91 Å². The minimum absolute atomic E-state index is 0.0409. The Morgan fingerprint density at radius 2 is 1.87 bits per heavy atom. The van der Waals surface area contributed by atoms with Crippen molar-refractivity contribution in [3.05, 3.63) is 99.9 Å². The summed E-state index contributed by atoms with van der Waals surface area (Å²) >= 11 is 0. The van der Waals surface area contributed by atoms with Crippen LogP contribution in [-0.2, 0) is 11.2 Å². The molecule has 0 aliphatic rings. The number of carbonyl (C=O) groups excluding carboxylic acids is 1. The highest BCUT2D eigenvalue weighted by atomic mass is 19.1. The van der Waals surface area contributed by atoms with Crippen LogP contribution in [0.15, 0.2) is 66.2 Å². The zero-order valence-electron chi connectivity index (χ0n) is 17.7. The molecular formula is C26H23FN2O2. The number of benzene rings is 3. The molecule has 156 valence electrons. The van der Waals surface area contributed by atoms with Gasteiger partial charge in [-0.1, -0.05) is 36.4 Å². The Hall–Kier alpha value is -3.91. The average Bonchev–Trinajstić information content (AvgIpc) is 2.76. The van der Waals surface area contributed by atoms with Gasteiger partial charge < -0.3 is 10.1 Å². The van der Waals surface area contributed by atoms with Gasteiger partial charge in [-0.15, -0.1) is 0 Å². The van der Waals surface area contributed by atoms with Gasteiger partial charge in [-0.05, 0) is 72.0 Å². The Balaban J connectivity index is 1.96. The quantitative estimate of drug-likeness (QED) is 0.423. The fourth-order valence-corrected chi connectivity index (χ4v) is 3.21. The van der Waals surface area contributed by atoms with Crippen LogP contribution in [0.2, 0.25) is 0 Å². The van der Waals surface area contributed by atoms with Crippen molar-refractivity contribution in [1.29, 1.82) is 5.26 Å². The number of aryl methyl sites for hydroxylation is 2. The summed E-state index contributed by atoms with van der Waals surface area (Å²) in [5.74, 6) is -0.195. The molecule has 3 aromatic rings. The summed E-state index contributed by atoms with van der Waals surface area (Å²) in [4.78, 5) is 12.8. The van der Waals surface area contributed by atoms with Gasteiger partial charge >= 0.3 is 0 Å². The van der Waals surface area contributed by atoms with Crippen LogP contribution in [0.4, 0.5) is 10.1 Å². The monoisotopic (exact) mass is 414 g/mol. The van der Waals surface area contributed by atoms with E-state index in [1.165, 1.54) is 12.1 Å². The maximum atomic E-state index is 14.2. The average molecular weight is 414 g/mol. The molecule has 1 N–H and O–H groups in total. The predicted molar refractivity (Wildman–Crippen MR) is 120 cm³/mol. The summed E-state index contributed by atoms with van der Waals surface area (Å²) in [5.41, 5.74) is 4.44. The summed E-state index contributed by atoms with van der Waals surface area (Å²) in [7, 11) is 1.55. The van der Waals surface area contributed by atoms with Crippen molar-refractivity contribution in [2.45, 2.75) is 20.3 Å². The van der Waals surface area contributed by atoms with E-state index in [4.69, 9.17) is 4.74 Å². The molecule has 1 amide bonds.